The summed E-state index contributed by atoms with van der Waals surface area (Å²) in [5.41, 5.74) is 7.58. The van der Waals surface area contributed by atoms with Crippen molar-refractivity contribution >= 4 is 5.69 Å². The molecule has 25 heavy (non-hydrogen) atoms. The van der Waals surface area contributed by atoms with Crippen LogP contribution in [0.2, 0.25) is 0 Å². The van der Waals surface area contributed by atoms with E-state index in [4.69, 9.17) is 10.5 Å². The van der Waals surface area contributed by atoms with Crippen molar-refractivity contribution in [3.63, 3.8) is 0 Å². The molecule has 1 saturated heterocycles. The highest BCUT2D eigenvalue weighted by Gasteiger charge is 2.20. The average Bonchev–Trinajstić information content (AvgIpc) is 2.64. The Labute approximate surface area is 147 Å². The summed E-state index contributed by atoms with van der Waals surface area (Å²) in [4.78, 5) is 18.6. The van der Waals surface area contributed by atoms with Crippen molar-refractivity contribution < 1.29 is 4.74 Å². The molecular formula is C18H25N5O2. The van der Waals surface area contributed by atoms with Gasteiger partial charge in [-0.25, -0.2) is 4.68 Å². The van der Waals surface area contributed by atoms with Crippen LogP contribution >= 0.6 is 0 Å². The van der Waals surface area contributed by atoms with Crippen molar-refractivity contribution in [2.75, 3.05) is 31.1 Å². The van der Waals surface area contributed by atoms with Gasteiger partial charge in [-0.05, 0) is 37.4 Å². The molecule has 3 rings (SSSR count). The van der Waals surface area contributed by atoms with Crippen LogP contribution in [-0.2, 0) is 17.7 Å². The minimum absolute atomic E-state index is 0.0643. The molecule has 7 nitrogen and oxygen atoms in total. The van der Waals surface area contributed by atoms with E-state index in [0.29, 0.717) is 19.7 Å². The van der Waals surface area contributed by atoms with Crippen LogP contribution in [0.5, 0.6) is 0 Å². The minimum Gasteiger partial charge on any atom is -0.374 e. The van der Waals surface area contributed by atoms with Gasteiger partial charge in [0.05, 0.1) is 24.6 Å². The van der Waals surface area contributed by atoms with Crippen LogP contribution in [0.3, 0.4) is 0 Å². The molecule has 0 unspecified atom stereocenters. The molecule has 0 amide bonds. The fraction of sp³-hybridized carbons (Fsp3) is 0.500. The molecule has 3 heterocycles. The highest BCUT2D eigenvalue weighted by atomic mass is 16.5. The zero-order chi connectivity index (χ0) is 17.5. The van der Waals surface area contributed by atoms with Crippen molar-refractivity contribution in [1.29, 1.82) is 0 Å². The number of hydrogen-bond donors (Lipinski definition) is 1. The second-order valence-electron chi connectivity index (χ2n) is 6.26. The Morgan fingerprint density at radius 1 is 1.36 bits per heavy atom. The van der Waals surface area contributed by atoms with Crippen LogP contribution in [0.15, 0.2) is 41.6 Å². The Hall–Kier alpha value is -2.25. The van der Waals surface area contributed by atoms with Crippen LogP contribution in [0.25, 0.3) is 0 Å². The number of hydrogen-bond acceptors (Lipinski definition) is 6. The van der Waals surface area contributed by atoms with Crippen LogP contribution in [-0.4, -0.2) is 47.1 Å². The molecule has 134 valence electrons. The lowest BCUT2D eigenvalue weighted by Gasteiger charge is -2.34. The fourth-order valence-corrected chi connectivity index (χ4v) is 3.06. The molecule has 0 aromatic carbocycles. The molecule has 0 spiro atoms. The third-order valence-corrected chi connectivity index (χ3v) is 4.41. The topological polar surface area (TPSA) is 86.3 Å². The van der Waals surface area contributed by atoms with Gasteiger partial charge >= 0.3 is 0 Å². The number of ether oxygens (including phenoxy) is 1. The van der Waals surface area contributed by atoms with Gasteiger partial charge in [0, 0.05) is 38.1 Å². The van der Waals surface area contributed by atoms with Gasteiger partial charge in [0.15, 0.2) is 0 Å². The first-order valence-electron chi connectivity index (χ1n) is 8.79. The highest BCUT2D eigenvalue weighted by Crippen LogP contribution is 2.16. The lowest BCUT2D eigenvalue weighted by molar-refractivity contribution is 0.0368. The van der Waals surface area contributed by atoms with E-state index in [1.807, 2.05) is 18.3 Å². The van der Waals surface area contributed by atoms with Crippen LogP contribution in [0.4, 0.5) is 5.69 Å². The molecule has 1 fully saturated rings. The Morgan fingerprint density at radius 3 is 3.04 bits per heavy atom. The number of rotatable bonds is 7. The van der Waals surface area contributed by atoms with Crippen molar-refractivity contribution in [3.05, 3.63) is 52.7 Å². The van der Waals surface area contributed by atoms with Gasteiger partial charge in [0.25, 0.3) is 5.56 Å². The van der Waals surface area contributed by atoms with E-state index in [-0.39, 0.29) is 11.7 Å². The maximum absolute atomic E-state index is 12.3. The van der Waals surface area contributed by atoms with Crippen molar-refractivity contribution in [2.24, 2.45) is 5.73 Å². The molecule has 2 aromatic heterocycles. The molecule has 1 atom stereocenters. The molecule has 0 aliphatic carbocycles. The standard InChI is InChI=1S/C18H25N5O2/c19-6-5-17-14-22(9-10-25-17)16-11-18(24)23(21-13-16)8-2-4-15-3-1-7-20-12-15/h1,3,7,11-13,17H,2,4-6,8-10,14,19H2/t17-/m0/s1. The van der Waals surface area contributed by atoms with E-state index in [1.165, 1.54) is 10.2 Å². The maximum atomic E-state index is 12.3. The molecule has 2 N–H and O–H groups in total. The van der Waals surface area contributed by atoms with Gasteiger partial charge in [0.2, 0.25) is 0 Å². The van der Waals surface area contributed by atoms with Crippen LogP contribution < -0.4 is 16.2 Å². The second kappa shape index (κ2) is 8.73. The number of anilines is 1. The van der Waals surface area contributed by atoms with Crippen LogP contribution in [0.1, 0.15) is 18.4 Å². The zero-order valence-electron chi connectivity index (χ0n) is 14.4. The van der Waals surface area contributed by atoms with E-state index in [9.17, 15) is 4.79 Å². The van der Waals surface area contributed by atoms with E-state index >= 15 is 0 Å². The quantitative estimate of drug-likeness (QED) is 0.801. The first-order valence-corrected chi connectivity index (χ1v) is 8.79. The molecule has 0 saturated carbocycles. The zero-order valence-corrected chi connectivity index (χ0v) is 14.4. The molecule has 1 aliphatic heterocycles. The van der Waals surface area contributed by atoms with Gasteiger partial charge in [-0.3, -0.25) is 9.78 Å². The monoisotopic (exact) mass is 343 g/mol. The number of nitrogens with zero attached hydrogens (tertiary/aromatic N) is 4. The van der Waals surface area contributed by atoms with Gasteiger partial charge in [-0.15, -0.1) is 0 Å². The number of morpholine rings is 1. The van der Waals surface area contributed by atoms with E-state index in [0.717, 1.165) is 38.0 Å². The number of aromatic nitrogens is 3. The third kappa shape index (κ3) is 4.87. The van der Waals surface area contributed by atoms with Crippen molar-refractivity contribution in [2.45, 2.75) is 31.9 Å². The average molecular weight is 343 g/mol. The van der Waals surface area contributed by atoms with Gasteiger partial charge in [-0.2, -0.15) is 5.10 Å². The molecule has 0 radical (unpaired) electrons. The largest absolute Gasteiger partial charge is 0.374 e. The number of pyridine rings is 1. The summed E-state index contributed by atoms with van der Waals surface area (Å²) in [6.45, 7) is 3.39. The predicted molar refractivity (Wildman–Crippen MR) is 96.7 cm³/mol. The van der Waals surface area contributed by atoms with E-state index < -0.39 is 0 Å². The first kappa shape index (κ1) is 17.6. The summed E-state index contributed by atoms with van der Waals surface area (Å²) in [5, 5.41) is 4.34. The third-order valence-electron chi connectivity index (χ3n) is 4.41. The summed E-state index contributed by atoms with van der Waals surface area (Å²) in [7, 11) is 0. The summed E-state index contributed by atoms with van der Waals surface area (Å²) < 4.78 is 7.21. The Balaban J connectivity index is 1.58. The summed E-state index contributed by atoms with van der Waals surface area (Å²) in [6, 6.07) is 5.64. The van der Waals surface area contributed by atoms with Crippen molar-refractivity contribution in [1.82, 2.24) is 14.8 Å². The van der Waals surface area contributed by atoms with E-state index in [1.54, 1.807) is 18.5 Å². The molecule has 1 aliphatic rings. The summed E-state index contributed by atoms with van der Waals surface area (Å²) in [5.74, 6) is 0. The number of nitrogens with two attached hydrogens (primary N) is 1. The lowest BCUT2D eigenvalue weighted by Crippen LogP contribution is -2.43. The first-order chi connectivity index (χ1) is 12.3. The Morgan fingerprint density at radius 2 is 2.28 bits per heavy atom. The smallest absolute Gasteiger partial charge is 0.268 e. The predicted octanol–water partition coefficient (Wildman–Crippen LogP) is 0.825. The summed E-state index contributed by atoms with van der Waals surface area (Å²) >= 11 is 0. The van der Waals surface area contributed by atoms with Crippen molar-refractivity contribution in [3.8, 4) is 0 Å². The van der Waals surface area contributed by atoms with Gasteiger partial charge in [0.1, 0.15) is 0 Å². The lowest BCUT2D eigenvalue weighted by atomic mass is 10.1. The highest BCUT2D eigenvalue weighted by molar-refractivity contribution is 5.43. The number of aryl methyl sites for hydroxylation is 2. The Kier molecular flexibility index (Phi) is 6.14. The normalized spacial score (nSPS) is 17.6. The molecule has 7 heteroatoms. The fourth-order valence-electron chi connectivity index (χ4n) is 3.06. The maximum Gasteiger partial charge on any atom is 0.268 e. The van der Waals surface area contributed by atoms with Crippen LogP contribution in [0, 0.1) is 0 Å². The Bertz CT molecular complexity index is 717. The van der Waals surface area contributed by atoms with Gasteiger partial charge in [-0.1, -0.05) is 6.07 Å². The molecular weight excluding hydrogens is 318 g/mol. The second-order valence-corrected chi connectivity index (χ2v) is 6.26. The van der Waals surface area contributed by atoms with Gasteiger partial charge < -0.3 is 15.4 Å². The summed E-state index contributed by atoms with van der Waals surface area (Å²) in [6.07, 6.45) is 8.09. The molecule has 0 bridgehead atoms. The minimum atomic E-state index is -0.0643. The van der Waals surface area contributed by atoms with E-state index in [2.05, 4.69) is 15.0 Å². The SMILES string of the molecule is NCC[C@H]1CN(c2cnn(CCCc3cccnc3)c(=O)c2)CCO1. The molecule has 2 aromatic rings.